The summed E-state index contributed by atoms with van der Waals surface area (Å²) in [6.07, 6.45) is 1.76. The van der Waals surface area contributed by atoms with Crippen LogP contribution in [0.4, 0.5) is 16.3 Å². The quantitative estimate of drug-likeness (QED) is 0.740. The zero-order valence-electron chi connectivity index (χ0n) is 13.3. The van der Waals surface area contributed by atoms with Gasteiger partial charge < -0.3 is 10.1 Å². The van der Waals surface area contributed by atoms with E-state index in [1.807, 2.05) is 42.5 Å². The number of hydrogen-bond donors (Lipinski definition) is 2. The Labute approximate surface area is 143 Å². The van der Waals surface area contributed by atoms with Gasteiger partial charge in [-0.25, -0.2) is 4.79 Å². The average molecular weight is 326 g/mol. The second-order valence-electron chi connectivity index (χ2n) is 5.25. The SMILES string of the molecule is Cn1ccc(NC(=O)Nc2ccc(OCc3ccccc3)cc2)n1.[HH].[HH]. The topological polar surface area (TPSA) is 68.2 Å². The minimum Gasteiger partial charge on any atom is -0.489 e. The van der Waals surface area contributed by atoms with Gasteiger partial charge in [-0.2, -0.15) is 5.10 Å². The Balaban J connectivity index is 0.00000169. The zero-order valence-corrected chi connectivity index (χ0v) is 13.3. The van der Waals surface area contributed by atoms with E-state index < -0.39 is 0 Å². The molecule has 126 valence electrons. The average Bonchev–Trinajstić information content (AvgIpc) is 3.00. The molecule has 2 aromatic carbocycles. The molecule has 0 aliphatic carbocycles. The van der Waals surface area contributed by atoms with Crippen molar-refractivity contribution in [2.45, 2.75) is 6.61 Å². The van der Waals surface area contributed by atoms with E-state index in [2.05, 4.69) is 15.7 Å². The first kappa shape index (κ1) is 15.6. The predicted molar refractivity (Wildman–Crippen MR) is 97.3 cm³/mol. The number of benzene rings is 2. The summed E-state index contributed by atoms with van der Waals surface area (Å²) in [5.74, 6) is 1.24. The lowest BCUT2D eigenvalue weighted by molar-refractivity contribution is 0.262. The number of anilines is 2. The first-order valence-electron chi connectivity index (χ1n) is 7.53. The number of hydrogen-bond acceptors (Lipinski definition) is 3. The normalized spacial score (nSPS) is 10.2. The number of carbonyl (C=O) groups excluding carboxylic acids is 1. The Morgan fingerprint density at radius 2 is 1.83 bits per heavy atom. The van der Waals surface area contributed by atoms with E-state index >= 15 is 0 Å². The molecule has 0 fully saturated rings. The third-order valence-electron chi connectivity index (χ3n) is 3.32. The van der Waals surface area contributed by atoms with Crippen LogP contribution in [0.1, 0.15) is 8.42 Å². The molecule has 24 heavy (non-hydrogen) atoms. The van der Waals surface area contributed by atoms with E-state index in [-0.39, 0.29) is 8.88 Å². The molecule has 2 N–H and O–H groups in total. The summed E-state index contributed by atoms with van der Waals surface area (Å²) in [5, 5.41) is 9.49. The Bertz CT molecular complexity index is 808. The first-order chi connectivity index (χ1) is 11.7. The molecule has 0 bridgehead atoms. The lowest BCUT2D eigenvalue weighted by Crippen LogP contribution is -2.19. The van der Waals surface area contributed by atoms with Crippen LogP contribution in [0.15, 0.2) is 66.9 Å². The fraction of sp³-hybridized carbons (Fsp3) is 0.111. The number of ether oxygens (including phenoxy) is 1. The summed E-state index contributed by atoms with van der Waals surface area (Å²) in [6, 6.07) is 18.6. The maximum atomic E-state index is 11.9. The van der Waals surface area contributed by atoms with Crippen LogP contribution >= 0.6 is 0 Å². The standard InChI is InChI=1S/C18H18N4O2.2H2/c1-22-12-11-17(21-22)20-18(23)19-15-7-9-16(10-8-15)24-13-14-5-3-2-4-6-14;;/h2-12H,13H2,1H3,(H2,19,20,21,23);2*1H. The van der Waals surface area contributed by atoms with Crippen LogP contribution in [-0.4, -0.2) is 15.8 Å². The molecule has 0 spiro atoms. The van der Waals surface area contributed by atoms with Crippen LogP contribution in [0.2, 0.25) is 0 Å². The molecule has 0 radical (unpaired) electrons. The number of nitrogens with one attached hydrogen (secondary N) is 2. The molecule has 1 aromatic heterocycles. The maximum Gasteiger partial charge on any atom is 0.324 e. The molecule has 6 nitrogen and oxygen atoms in total. The molecule has 0 aliphatic heterocycles. The molecule has 0 atom stereocenters. The number of rotatable bonds is 5. The molecule has 3 aromatic rings. The summed E-state index contributed by atoms with van der Waals surface area (Å²) in [5.41, 5.74) is 1.78. The van der Waals surface area contributed by atoms with Gasteiger partial charge in [-0.05, 0) is 29.8 Å². The summed E-state index contributed by atoms with van der Waals surface area (Å²) in [4.78, 5) is 11.9. The van der Waals surface area contributed by atoms with Gasteiger partial charge >= 0.3 is 6.03 Å². The van der Waals surface area contributed by atoms with Crippen molar-refractivity contribution in [2.75, 3.05) is 10.6 Å². The maximum absolute atomic E-state index is 11.9. The van der Waals surface area contributed by atoms with Crippen LogP contribution in [0, 0.1) is 0 Å². The Kier molecular flexibility index (Phi) is 4.76. The van der Waals surface area contributed by atoms with Crippen LogP contribution in [0.25, 0.3) is 0 Å². The van der Waals surface area contributed by atoms with Crippen molar-refractivity contribution in [3.63, 3.8) is 0 Å². The van der Waals surface area contributed by atoms with Gasteiger partial charge in [-0.3, -0.25) is 10.00 Å². The highest BCUT2D eigenvalue weighted by atomic mass is 16.5. The van der Waals surface area contributed by atoms with E-state index in [0.29, 0.717) is 18.1 Å². The number of carbonyl (C=O) groups is 1. The zero-order chi connectivity index (χ0) is 16.8. The molecular formula is C18H22N4O2. The molecule has 0 unspecified atom stereocenters. The first-order valence-corrected chi connectivity index (χ1v) is 7.53. The molecule has 0 aliphatic rings. The van der Waals surface area contributed by atoms with Gasteiger partial charge in [0.05, 0.1) is 0 Å². The van der Waals surface area contributed by atoms with E-state index in [1.165, 1.54) is 0 Å². The number of amides is 2. The molecule has 6 heteroatoms. The van der Waals surface area contributed by atoms with Crippen LogP contribution in [-0.2, 0) is 13.7 Å². The third kappa shape index (κ3) is 4.36. The van der Waals surface area contributed by atoms with Gasteiger partial charge in [-0.1, -0.05) is 30.3 Å². The number of aryl methyl sites for hydroxylation is 1. The van der Waals surface area contributed by atoms with Crippen molar-refractivity contribution in [3.05, 3.63) is 72.4 Å². The van der Waals surface area contributed by atoms with Crippen molar-refractivity contribution < 1.29 is 12.4 Å². The van der Waals surface area contributed by atoms with E-state index in [1.54, 1.807) is 36.1 Å². The summed E-state index contributed by atoms with van der Waals surface area (Å²) in [7, 11) is 1.79. The Morgan fingerprint density at radius 1 is 1.08 bits per heavy atom. The number of aromatic nitrogens is 2. The number of nitrogens with zero attached hydrogens (tertiary/aromatic N) is 2. The Hall–Kier alpha value is -3.28. The molecule has 2 amide bonds. The smallest absolute Gasteiger partial charge is 0.324 e. The second kappa shape index (κ2) is 7.32. The highest BCUT2D eigenvalue weighted by molar-refractivity contribution is 5.99. The van der Waals surface area contributed by atoms with Gasteiger partial charge in [0.1, 0.15) is 12.4 Å². The molecular weight excluding hydrogens is 304 g/mol. The Morgan fingerprint density at radius 3 is 2.50 bits per heavy atom. The lowest BCUT2D eigenvalue weighted by Gasteiger charge is -2.08. The fourth-order valence-corrected chi connectivity index (χ4v) is 2.14. The minimum absolute atomic E-state index is 0. The largest absolute Gasteiger partial charge is 0.489 e. The van der Waals surface area contributed by atoms with Crippen molar-refractivity contribution in [3.8, 4) is 5.75 Å². The van der Waals surface area contributed by atoms with E-state index in [4.69, 9.17) is 4.74 Å². The van der Waals surface area contributed by atoms with Gasteiger partial charge in [0.2, 0.25) is 0 Å². The van der Waals surface area contributed by atoms with Crippen LogP contribution < -0.4 is 15.4 Å². The van der Waals surface area contributed by atoms with Gasteiger partial charge in [-0.15, -0.1) is 0 Å². The molecule has 3 rings (SSSR count). The third-order valence-corrected chi connectivity index (χ3v) is 3.32. The fourth-order valence-electron chi connectivity index (χ4n) is 2.14. The molecule has 1 heterocycles. The van der Waals surface area contributed by atoms with Crippen molar-refractivity contribution >= 4 is 17.5 Å². The van der Waals surface area contributed by atoms with Crippen LogP contribution in [0.5, 0.6) is 5.75 Å². The van der Waals surface area contributed by atoms with Gasteiger partial charge in [0, 0.05) is 27.9 Å². The van der Waals surface area contributed by atoms with E-state index in [0.717, 1.165) is 11.3 Å². The van der Waals surface area contributed by atoms with Gasteiger partial charge in [0.25, 0.3) is 0 Å². The molecule has 0 saturated carbocycles. The van der Waals surface area contributed by atoms with Crippen molar-refractivity contribution in [1.82, 2.24) is 9.78 Å². The van der Waals surface area contributed by atoms with E-state index in [9.17, 15) is 4.79 Å². The van der Waals surface area contributed by atoms with Crippen molar-refractivity contribution in [1.29, 1.82) is 0 Å². The second-order valence-corrected chi connectivity index (χ2v) is 5.25. The number of urea groups is 1. The van der Waals surface area contributed by atoms with Crippen molar-refractivity contribution in [2.24, 2.45) is 7.05 Å². The predicted octanol–water partition coefficient (Wildman–Crippen LogP) is 4.14. The van der Waals surface area contributed by atoms with Crippen LogP contribution in [0.3, 0.4) is 0 Å². The summed E-state index contributed by atoms with van der Waals surface area (Å²) >= 11 is 0. The highest BCUT2D eigenvalue weighted by Crippen LogP contribution is 2.17. The van der Waals surface area contributed by atoms with Gasteiger partial charge in [0.15, 0.2) is 5.82 Å². The lowest BCUT2D eigenvalue weighted by atomic mass is 10.2. The molecule has 0 saturated heterocycles. The highest BCUT2D eigenvalue weighted by Gasteiger charge is 2.05. The summed E-state index contributed by atoms with van der Waals surface area (Å²) in [6.45, 7) is 0.508. The minimum atomic E-state index is -0.341. The summed E-state index contributed by atoms with van der Waals surface area (Å²) < 4.78 is 7.33. The monoisotopic (exact) mass is 326 g/mol.